The second-order valence-electron chi connectivity index (χ2n) is 15.6. The molecular weight excluding hydrogens is 721 g/mol. The number of rotatable bonds is 6. The quantitative estimate of drug-likeness (QED) is 0.169. The summed E-state index contributed by atoms with van der Waals surface area (Å²) in [5, 5.41) is 1.04. The molecule has 4 heterocycles. The van der Waals surface area contributed by atoms with Crippen molar-refractivity contribution in [1.82, 2.24) is 24.5 Å². The van der Waals surface area contributed by atoms with Gasteiger partial charge in [0, 0.05) is 33.8 Å². The zero-order valence-electron chi connectivity index (χ0n) is 32.7. The molecule has 0 bridgehead atoms. The molecule has 0 unspecified atom stereocenters. The molecule has 0 fully saturated rings. The number of aromatic nitrogens is 5. The molecule has 3 aromatic heterocycles. The number of hydrogen-bond acceptors (Lipinski definition) is 5. The van der Waals surface area contributed by atoms with E-state index in [4.69, 9.17) is 19.9 Å². The number of benzene rings is 7. The Balaban J connectivity index is 1.19. The van der Waals surface area contributed by atoms with Crippen LogP contribution in [0.4, 0.5) is 17.1 Å². The standard InChI is InChI=1S/C53H38N6/c1-53(2)43-27-12-13-28-45(43)58(41-25-10-5-11-26-41)48-34-47-42(33-44(48)53)49-46(29-16-30-54-49)59(47)52-56-50(39-23-14-21-37(31-39)35-17-6-3-7-18-35)55-51(57-52)40-24-15-22-38(32-40)36-19-8-4-9-20-36/h3-34H,1-2H3. The molecule has 59 heavy (non-hydrogen) atoms. The smallest absolute Gasteiger partial charge is 0.238 e. The molecule has 1 aliphatic heterocycles. The summed E-state index contributed by atoms with van der Waals surface area (Å²) in [6.45, 7) is 4.65. The van der Waals surface area contributed by atoms with Crippen molar-refractivity contribution in [3.63, 3.8) is 0 Å². The minimum atomic E-state index is -0.282. The van der Waals surface area contributed by atoms with Gasteiger partial charge in [-0.15, -0.1) is 0 Å². The number of fused-ring (bicyclic) bond motifs is 5. The van der Waals surface area contributed by atoms with Crippen LogP contribution >= 0.6 is 0 Å². The van der Waals surface area contributed by atoms with Crippen molar-refractivity contribution < 1.29 is 0 Å². The largest absolute Gasteiger partial charge is 0.310 e. The fourth-order valence-electron chi connectivity index (χ4n) is 8.75. The minimum absolute atomic E-state index is 0.282. The second-order valence-corrected chi connectivity index (χ2v) is 15.6. The van der Waals surface area contributed by atoms with Gasteiger partial charge in [-0.05, 0) is 88.0 Å². The third-order valence-electron chi connectivity index (χ3n) is 11.7. The van der Waals surface area contributed by atoms with E-state index in [1.54, 1.807) is 0 Å². The van der Waals surface area contributed by atoms with E-state index in [9.17, 15) is 0 Å². The van der Waals surface area contributed by atoms with Gasteiger partial charge in [-0.1, -0.05) is 147 Å². The van der Waals surface area contributed by atoms with E-state index in [1.165, 1.54) is 11.1 Å². The number of pyridine rings is 1. The van der Waals surface area contributed by atoms with Crippen LogP contribution in [0.5, 0.6) is 0 Å². The van der Waals surface area contributed by atoms with Gasteiger partial charge in [0.1, 0.15) is 0 Å². The highest BCUT2D eigenvalue weighted by Gasteiger charge is 2.38. The first-order chi connectivity index (χ1) is 29.0. The minimum Gasteiger partial charge on any atom is -0.310 e. The molecule has 0 N–H and O–H groups in total. The SMILES string of the molecule is CC1(C)c2ccccc2N(c2ccccc2)c2cc3c(cc21)c1ncccc1n3-c1nc(-c2cccc(-c3ccccc3)c2)nc(-c2cccc(-c3ccccc3)c2)n1. The van der Waals surface area contributed by atoms with Crippen molar-refractivity contribution in [2.75, 3.05) is 4.90 Å². The summed E-state index contributed by atoms with van der Waals surface area (Å²) in [5.74, 6) is 1.70. The molecule has 11 rings (SSSR count). The Morgan fingerprint density at radius 1 is 0.424 bits per heavy atom. The highest BCUT2D eigenvalue weighted by atomic mass is 15.2. The average molecular weight is 759 g/mol. The summed E-state index contributed by atoms with van der Waals surface area (Å²) in [6, 6.07) is 65.9. The summed E-state index contributed by atoms with van der Waals surface area (Å²) >= 11 is 0. The lowest BCUT2D eigenvalue weighted by Gasteiger charge is -2.42. The molecule has 0 aliphatic carbocycles. The van der Waals surface area contributed by atoms with Crippen molar-refractivity contribution >= 4 is 39.0 Å². The van der Waals surface area contributed by atoms with Gasteiger partial charge >= 0.3 is 0 Å². The molecule has 6 heteroatoms. The predicted molar refractivity (Wildman–Crippen MR) is 241 cm³/mol. The molecule has 10 aromatic rings. The molecule has 7 aromatic carbocycles. The van der Waals surface area contributed by atoms with Gasteiger partial charge in [0.05, 0.1) is 27.9 Å². The molecule has 0 saturated heterocycles. The van der Waals surface area contributed by atoms with E-state index in [-0.39, 0.29) is 5.41 Å². The summed E-state index contributed by atoms with van der Waals surface area (Å²) in [6.07, 6.45) is 1.87. The van der Waals surface area contributed by atoms with Gasteiger partial charge in [0.2, 0.25) is 5.95 Å². The van der Waals surface area contributed by atoms with E-state index < -0.39 is 0 Å². The lowest BCUT2D eigenvalue weighted by Crippen LogP contribution is -2.30. The van der Waals surface area contributed by atoms with Crippen LogP contribution in [-0.4, -0.2) is 24.5 Å². The normalized spacial score (nSPS) is 13.0. The van der Waals surface area contributed by atoms with Crippen LogP contribution in [0.25, 0.3) is 72.9 Å². The molecule has 280 valence electrons. The maximum Gasteiger partial charge on any atom is 0.238 e. The van der Waals surface area contributed by atoms with Crippen molar-refractivity contribution in [3.8, 4) is 51.0 Å². The van der Waals surface area contributed by atoms with E-state index in [0.29, 0.717) is 17.6 Å². The fraction of sp³-hybridized carbons (Fsp3) is 0.0566. The first-order valence-electron chi connectivity index (χ1n) is 20.0. The molecule has 0 amide bonds. The monoisotopic (exact) mass is 758 g/mol. The Hall–Kier alpha value is -7.70. The van der Waals surface area contributed by atoms with Crippen LogP contribution in [0.15, 0.2) is 194 Å². The van der Waals surface area contributed by atoms with E-state index in [2.05, 4.69) is 193 Å². The van der Waals surface area contributed by atoms with Crippen LogP contribution in [0, 0.1) is 0 Å². The van der Waals surface area contributed by atoms with E-state index >= 15 is 0 Å². The number of nitrogens with zero attached hydrogens (tertiary/aromatic N) is 6. The second kappa shape index (κ2) is 13.7. The molecule has 0 saturated carbocycles. The van der Waals surface area contributed by atoms with Crippen molar-refractivity contribution in [2.24, 2.45) is 0 Å². The van der Waals surface area contributed by atoms with Gasteiger partial charge in [-0.3, -0.25) is 9.55 Å². The van der Waals surface area contributed by atoms with Gasteiger partial charge in [-0.2, -0.15) is 9.97 Å². The van der Waals surface area contributed by atoms with Gasteiger partial charge in [0.15, 0.2) is 11.6 Å². The zero-order chi connectivity index (χ0) is 39.5. The Labute approximate surface area is 342 Å². The Morgan fingerprint density at radius 2 is 0.983 bits per heavy atom. The number of para-hydroxylation sites is 2. The molecule has 6 nitrogen and oxygen atoms in total. The van der Waals surface area contributed by atoms with Gasteiger partial charge in [-0.25, -0.2) is 4.98 Å². The third kappa shape index (κ3) is 5.79. The summed E-state index contributed by atoms with van der Waals surface area (Å²) in [7, 11) is 0. The van der Waals surface area contributed by atoms with Crippen molar-refractivity contribution in [3.05, 3.63) is 205 Å². The van der Waals surface area contributed by atoms with Crippen molar-refractivity contribution in [2.45, 2.75) is 19.3 Å². The van der Waals surface area contributed by atoms with Crippen LogP contribution < -0.4 is 4.90 Å². The molecule has 0 atom stereocenters. The summed E-state index contributed by atoms with van der Waals surface area (Å²) < 4.78 is 2.17. The molecule has 1 aliphatic rings. The first-order valence-corrected chi connectivity index (χ1v) is 20.0. The van der Waals surface area contributed by atoms with Crippen molar-refractivity contribution in [1.29, 1.82) is 0 Å². The van der Waals surface area contributed by atoms with Crippen LogP contribution in [0.3, 0.4) is 0 Å². The number of hydrogen-bond donors (Lipinski definition) is 0. The highest BCUT2D eigenvalue weighted by Crippen LogP contribution is 2.53. The Kier molecular flexibility index (Phi) is 8.05. The number of anilines is 3. The maximum atomic E-state index is 5.34. The lowest BCUT2D eigenvalue weighted by atomic mass is 9.73. The third-order valence-corrected chi connectivity index (χ3v) is 11.7. The zero-order valence-corrected chi connectivity index (χ0v) is 32.7. The van der Waals surface area contributed by atoms with Gasteiger partial charge in [0.25, 0.3) is 0 Å². The van der Waals surface area contributed by atoms with Crippen LogP contribution in [0.2, 0.25) is 0 Å². The maximum absolute atomic E-state index is 5.34. The fourth-order valence-corrected chi connectivity index (χ4v) is 8.75. The Bertz CT molecular complexity index is 3090. The molecule has 0 spiro atoms. The van der Waals surface area contributed by atoms with Gasteiger partial charge < -0.3 is 4.90 Å². The van der Waals surface area contributed by atoms with Crippen LogP contribution in [0.1, 0.15) is 25.0 Å². The highest BCUT2D eigenvalue weighted by molar-refractivity contribution is 6.09. The molecular formula is C53H38N6. The molecule has 0 radical (unpaired) electrons. The van der Waals surface area contributed by atoms with E-state index in [0.717, 1.165) is 72.4 Å². The average Bonchev–Trinajstić information content (AvgIpc) is 3.63. The Morgan fingerprint density at radius 3 is 1.63 bits per heavy atom. The summed E-state index contributed by atoms with van der Waals surface area (Å²) in [4.78, 5) is 23.3. The van der Waals surface area contributed by atoms with E-state index in [1.807, 2.05) is 24.4 Å². The van der Waals surface area contributed by atoms with Crippen LogP contribution in [-0.2, 0) is 5.41 Å². The topological polar surface area (TPSA) is 59.7 Å². The predicted octanol–water partition coefficient (Wildman–Crippen LogP) is 13.1. The lowest BCUT2D eigenvalue weighted by molar-refractivity contribution is 0.633. The summed E-state index contributed by atoms with van der Waals surface area (Å²) in [5.41, 5.74) is 14.6. The first kappa shape index (κ1) is 34.5.